The number of likely N-dealkylation sites (tertiary alicyclic amines) is 1. The van der Waals surface area contributed by atoms with Gasteiger partial charge in [0.2, 0.25) is 5.95 Å². The maximum Gasteiger partial charge on any atom is 0.407 e. The van der Waals surface area contributed by atoms with E-state index in [0.717, 1.165) is 32.1 Å². The van der Waals surface area contributed by atoms with Gasteiger partial charge in [0.15, 0.2) is 0 Å². The second-order valence-electron chi connectivity index (χ2n) is 9.65. The number of nitrogens with zero attached hydrogens (tertiary/aromatic N) is 3. The highest BCUT2D eigenvalue weighted by Crippen LogP contribution is 2.60. The molecule has 9 nitrogen and oxygen atoms in total. The summed E-state index contributed by atoms with van der Waals surface area (Å²) in [6.07, 6.45) is 7.45. The summed E-state index contributed by atoms with van der Waals surface area (Å²) in [5.74, 6) is 1.73. The Morgan fingerprint density at radius 2 is 1.83 bits per heavy atom. The minimum absolute atomic E-state index is 0.0795. The lowest BCUT2D eigenvalue weighted by molar-refractivity contribution is -0.162. The van der Waals surface area contributed by atoms with E-state index in [2.05, 4.69) is 20.6 Å². The number of carbonyl (C=O) groups excluding carboxylic acids is 1. The van der Waals surface area contributed by atoms with E-state index in [1.54, 1.807) is 11.9 Å². The van der Waals surface area contributed by atoms with Crippen molar-refractivity contribution in [2.24, 2.45) is 23.7 Å². The lowest BCUT2D eigenvalue weighted by atomic mass is 9.48. The first kappa shape index (κ1) is 19.5. The van der Waals surface area contributed by atoms with Crippen molar-refractivity contribution in [2.45, 2.75) is 56.2 Å². The van der Waals surface area contributed by atoms with E-state index in [1.165, 1.54) is 12.4 Å². The summed E-state index contributed by atoms with van der Waals surface area (Å²) in [6.45, 7) is 0.484. The minimum atomic E-state index is -0.882. The van der Waals surface area contributed by atoms with Crippen LogP contribution in [0.3, 0.4) is 0 Å². The molecule has 7 atom stereocenters. The van der Waals surface area contributed by atoms with Gasteiger partial charge in [-0.2, -0.15) is 0 Å². The summed E-state index contributed by atoms with van der Waals surface area (Å²) in [7, 11) is 1.56. The summed E-state index contributed by atoms with van der Waals surface area (Å²) < 4.78 is 0. The van der Waals surface area contributed by atoms with Gasteiger partial charge in [0.1, 0.15) is 0 Å². The van der Waals surface area contributed by atoms with E-state index in [0.29, 0.717) is 42.2 Å². The quantitative estimate of drug-likeness (QED) is 0.587. The largest absolute Gasteiger partial charge is 0.465 e. The molecule has 1 aromatic rings. The molecule has 1 saturated heterocycles. The van der Waals surface area contributed by atoms with Crippen LogP contribution in [-0.2, 0) is 0 Å². The summed E-state index contributed by atoms with van der Waals surface area (Å²) in [4.78, 5) is 33.9. The van der Waals surface area contributed by atoms with Crippen molar-refractivity contribution < 1.29 is 19.8 Å². The van der Waals surface area contributed by atoms with E-state index in [1.807, 2.05) is 0 Å². The van der Waals surface area contributed by atoms with Crippen molar-refractivity contribution in [1.29, 1.82) is 0 Å². The number of aromatic nitrogens is 2. The number of anilines is 1. The molecule has 1 aromatic heterocycles. The van der Waals surface area contributed by atoms with Crippen LogP contribution in [0.15, 0.2) is 12.4 Å². The molecule has 5 fully saturated rings. The molecule has 4 aliphatic carbocycles. The Balaban J connectivity index is 1.39. The number of nitrogens with one attached hydrogen (secondary N) is 2. The van der Waals surface area contributed by atoms with Crippen molar-refractivity contribution in [1.82, 2.24) is 20.2 Å². The molecule has 0 spiro atoms. The maximum atomic E-state index is 12.0. The van der Waals surface area contributed by atoms with Crippen LogP contribution in [-0.4, -0.2) is 68.4 Å². The first-order chi connectivity index (χ1) is 14.4. The van der Waals surface area contributed by atoms with E-state index >= 15 is 0 Å². The Morgan fingerprint density at radius 3 is 2.40 bits per heavy atom. The van der Waals surface area contributed by atoms with Crippen molar-refractivity contribution in [3.8, 4) is 0 Å². The average Bonchev–Trinajstić information content (AvgIpc) is 3.10. The van der Waals surface area contributed by atoms with Crippen molar-refractivity contribution in [2.75, 3.05) is 18.9 Å². The van der Waals surface area contributed by atoms with Crippen LogP contribution in [0.1, 0.15) is 48.9 Å². The molecule has 0 aromatic carbocycles. The van der Waals surface area contributed by atoms with Crippen LogP contribution in [0.2, 0.25) is 0 Å². The number of hydrogen-bond acceptors (Lipinski definition) is 6. The maximum absolute atomic E-state index is 12.0. The van der Waals surface area contributed by atoms with Crippen molar-refractivity contribution in [3.63, 3.8) is 0 Å². The second kappa shape index (κ2) is 7.08. The summed E-state index contributed by atoms with van der Waals surface area (Å²) in [6, 6.07) is -0.229. The van der Waals surface area contributed by atoms with E-state index in [-0.39, 0.29) is 23.9 Å². The molecule has 2 heterocycles. The fourth-order valence-corrected chi connectivity index (χ4v) is 7.08. The third-order valence-electron chi connectivity index (χ3n) is 7.86. The molecule has 5 unspecified atom stereocenters. The number of carbonyl (C=O) groups is 2. The van der Waals surface area contributed by atoms with Crippen LogP contribution in [0, 0.1) is 23.7 Å². The molecule has 2 amide bonds. The Bertz CT molecular complexity index is 830. The number of carboxylic acid groups (broad SMARTS) is 1. The van der Waals surface area contributed by atoms with Gasteiger partial charge in [-0.15, -0.1) is 0 Å². The van der Waals surface area contributed by atoms with E-state index in [4.69, 9.17) is 0 Å². The highest BCUT2D eigenvalue weighted by atomic mass is 16.4. The van der Waals surface area contributed by atoms with Gasteiger partial charge in [-0.05, 0) is 62.2 Å². The van der Waals surface area contributed by atoms with Gasteiger partial charge in [0.05, 0.1) is 23.2 Å². The number of amides is 2. The third-order valence-corrected chi connectivity index (χ3v) is 7.86. The molecule has 162 valence electrons. The molecule has 4 bridgehead atoms. The molecule has 1 aliphatic heterocycles. The average molecular weight is 415 g/mol. The molecule has 6 rings (SSSR count). The lowest BCUT2D eigenvalue weighted by Gasteiger charge is -2.60. The normalized spacial score (nSPS) is 39.2. The molecular formula is C21H29N5O4. The Kier molecular flexibility index (Phi) is 4.61. The summed E-state index contributed by atoms with van der Waals surface area (Å²) in [5.41, 5.74) is -0.158. The van der Waals surface area contributed by atoms with Crippen LogP contribution in [0.4, 0.5) is 10.7 Å². The van der Waals surface area contributed by atoms with Crippen LogP contribution < -0.4 is 10.6 Å². The first-order valence-corrected chi connectivity index (χ1v) is 10.9. The van der Waals surface area contributed by atoms with Crippen LogP contribution >= 0.6 is 0 Å². The zero-order chi connectivity index (χ0) is 21.0. The zero-order valence-corrected chi connectivity index (χ0v) is 17.1. The van der Waals surface area contributed by atoms with Crippen LogP contribution in [0.5, 0.6) is 0 Å². The van der Waals surface area contributed by atoms with Gasteiger partial charge in [-0.1, -0.05) is 0 Å². The predicted molar refractivity (Wildman–Crippen MR) is 108 cm³/mol. The number of hydrogen-bond donors (Lipinski definition) is 4. The smallest absolute Gasteiger partial charge is 0.407 e. The zero-order valence-electron chi connectivity index (χ0n) is 17.1. The summed E-state index contributed by atoms with van der Waals surface area (Å²) in [5, 5.41) is 26.7. The Labute approximate surface area is 175 Å². The fraction of sp³-hybridized carbons (Fsp3) is 0.714. The monoisotopic (exact) mass is 415 g/mol. The Morgan fingerprint density at radius 1 is 1.17 bits per heavy atom. The molecule has 0 radical (unpaired) electrons. The molecule has 30 heavy (non-hydrogen) atoms. The van der Waals surface area contributed by atoms with Crippen molar-refractivity contribution in [3.05, 3.63) is 18.0 Å². The molecular weight excluding hydrogens is 386 g/mol. The second-order valence-corrected chi connectivity index (χ2v) is 9.65. The highest BCUT2D eigenvalue weighted by Gasteiger charge is 2.59. The molecule has 9 heteroatoms. The van der Waals surface area contributed by atoms with Gasteiger partial charge in [0, 0.05) is 26.0 Å². The number of aliphatic hydroxyl groups is 1. The van der Waals surface area contributed by atoms with Crippen molar-refractivity contribution >= 4 is 17.9 Å². The summed E-state index contributed by atoms with van der Waals surface area (Å²) >= 11 is 0. The van der Waals surface area contributed by atoms with E-state index in [9.17, 15) is 19.8 Å². The molecule has 4 saturated carbocycles. The van der Waals surface area contributed by atoms with Gasteiger partial charge in [-0.3, -0.25) is 4.79 Å². The molecule has 4 N–H and O–H groups in total. The van der Waals surface area contributed by atoms with E-state index < -0.39 is 11.7 Å². The van der Waals surface area contributed by atoms with Crippen LogP contribution in [0.25, 0.3) is 0 Å². The molecule has 5 aliphatic rings. The predicted octanol–water partition coefficient (Wildman–Crippen LogP) is 1.56. The first-order valence-electron chi connectivity index (χ1n) is 10.9. The Hall–Kier alpha value is -2.42. The van der Waals surface area contributed by atoms with Gasteiger partial charge in [0.25, 0.3) is 5.91 Å². The topological polar surface area (TPSA) is 128 Å². The fourth-order valence-electron chi connectivity index (χ4n) is 7.08. The SMILES string of the molecule is CNC(=O)c1cnc(NC2CCN(C(=O)O)C2C2[C@@H]3CC4C[C@H]2CC(O)(C4)C3)nc1. The number of rotatable bonds is 4. The highest BCUT2D eigenvalue weighted by molar-refractivity contribution is 5.93. The van der Waals surface area contributed by atoms with Gasteiger partial charge < -0.3 is 25.7 Å². The van der Waals surface area contributed by atoms with Gasteiger partial charge in [-0.25, -0.2) is 14.8 Å². The standard InChI is InChI=1S/C21H29N5O4/c1-22-18(27)14-9-23-19(24-10-14)25-15-2-3-26(20(28)29)17(15)16-12-4-11-5-13(16)8-21(30,6-11)7-12/h9-13,15-17,30H,2-8H2,1H3,(H,22,27)(H,28,29)(H,23,24,25)/t11?,12-,13+,15?,16?,17?,21?. The third kappa shape index (κ3) is 3.19. The lowest BCUT2D eigenvalue weighted by Crippen LogP contribution is -2.61. The van der Waals surface area contributed by atoms with Gasteiger partial charge >= 0.3 is 6.09 Å². The minimum Gasteiger partial charge on any atom is -0.465 e.